The first kappa shape index (κ1) is 24.2. The molecule has 2 amide bonds. The summed E-state index contributed by atoms with van der Waals surface area (Å²) in [6, 6.07) is 9.55. The molecule has 0 unspecified atom stereocenters. The molecule has 0 bridgehead atoms. The first-order chi connectivity index (χ1) is 15.7. The number of amides is 2. The van der Waals surface area contributed by atoms with Gasteiger partial charge in [-0.1, -0.05) is 30.7 Å². The van der Waals surface area contributed by atoms with Crippen molar-refractivity contribution in [1.82, 2.24) is 19.7 Å². The van der Waals surface area contributed by atoms with Gasteiger partial charge in [-0.3, -0.25) is 14.5 Å². The summed E-state index contributed by atoms with van der Waals surface area (Å²) in [5.74, 6) is -1.11. The fourth-order valence-corrected chi connectivity index (χ4v) is 3.22. The van der Waals surface area contributed by atoms with Gasteiger partial charge in [-0.2, -0.15) is 18.3 Å². The Bertz CT molecular complexity index is 1120. The van der Waals surface area contributed by atoms with Crippen LogP contribution in [0.25, 0.3) is 5.69 Å². The number of carbonyl (C=O) groups excluding carboxylic acids is 2. The Kier molecular flexibility index (Phi) is 7.67. The number of anilines is 2. The monoisotopic (exact) mass is 480 g/mol. The molecule has 0 saturated heterocycles. The number of hydrogen-bond donors (Lipinski definition) is 2. The lowest BCUT2D eigenvalue weighted by Gasteiger charge is -2.21. The third-order valence-corrected chi connectivity index (χ3v) is 4.82. The van der Waals surface area contributed by atoms with Crippen molar-refractivity contribution in [1.29, 1.82) is 0 Å². The maximum absolute atomic E-state index is 13.1. The molecular weight excluding hydrogens is 461 g/mol. The van der Waals surface area contributed by atoms with Gasteiger partial charge in [-0.15, -0.1) is 0 Å². The minimum atomic E-state index is -4.60. The van der Waals surface area contributed by atoms with E-state index in [-0.39, 0.29) is 18.8 Å². The average Bonchev–Trinajstić information content (AvgIpc) is 3.27. The Labute approximate surface area is 192 Å². The number of hydrogen-bond acceptors (Lipinski definition) is 5. The standard InChI is InChI=1S/C21H20ClF3N6O2/c1-2-30(10-19(32)28-16-6-4-3-5-15(16)21(23,24)25)11-20(33)29-17-9-14(22)7-8-18(17)31-13-26-12-27-31/h3-9,12-13H,2,10-11H2,1H3,(H,28,32)(H,29,33). The Hall–Kier alpha value is -3.44. The number of benzene rings is 2. The van der Waals surface area contributed by atoms with Gasteiger partial charge in [0.15, 0.2) is 0 Å². The van der Waals surface area contributed by atoms with Crippen molar-refractivity contribution in [3.8, 4) is 5.69 Å². The van der Waals surface area contributed by atoms with Crippen LogP contribution in [-0.2, 0) is 15.8 Å². The molecule has 2 aromatic carbocycles. The number of alkyl halides is 3. The van der Waals surface area contributed by atoms with Crippen LogP contribution in [0.2, 0.25) is 5.02 Å². The summed E-state index contributed by atoms with van der Waals surface area (Å²) in [5, 5.41) is 9.42. The Morgan fingerprint density at radius 2 is 1.73 bits per heavy atom. The number of para-hydroxylation sites is 1. The average molecular weight is 481 g/mol. The predicted octanol–water partition coefficient (Wildman–Crippen LogP) is 3.84. The zero-order valence-corrected chi connectivity index (χ0v) is 18.2. The lowest BCUT2D eigenvalue weighted by molar-refractivity contribution is -0.137. The lowest BCUT2D eigenvalue weighted by Crippen LogP contribution is -2.39. The minimum absolute atomic E-state index is 0.172. The zero-order valence-electron chi connectivity index (χ0n) is 17.4. The molecule has 2 N–H and O–H groups in total. The Morgan fingerprint density at radius 3 is 2.33 bits per heavy atom. The summed E-state index contributed by atoms with van der Waals surface area (Å²) in [5.41, 5.74) is -0.361. The van der Waals surface area contributed by atoms with Crippen LogP contribution in [0.3, 0.4) is 0 Å². The molecule has 8 nitrogen and oxygen atoms in total. The summed E-state index contributed by atoms with van der Waals surface area (Å²) in [6.45, 7) is 1.59. The van der Waals surface area contributed by atoms with Crippen molar-refractivity contribution in [3.63, 3.8) is 0 Å². The maximum atomic E-state index is 13.1. The second kappa shape index (κ2) is 10.5. The molecule has 174 valence electrons. The van der Waals surface area contributed by atoms with E-state index in [1.54, 1.807) is 25.1 Å². The number of aromatic nitrogens is 3. The van der Waals surface area contributed by atoms with E-state index in [0.717, 1.165) is 6.07 Å². The van der Waals surface area contributed by atoms with Crippen LogP contribution >= 0.6 is 11.6 Å². The molecule has 1 heterocycles. The molecule has 0 aliphatic heterocycles. The van der Waals surface area contributed by atoms with Crippen molar-refractivity contribution >= 4 is 34.8 Å². The van der Waals surface area contributed by atoms with E-state index in [0.29, 0.717) is 22.9 Å². The third-order valence-electron chi connectivity index (χ3n) is 4.59. The summed E-state index contributed by atoms with van der Waals surface area (Å²) in [6.07, 6.45) is -1.80. The van der Waals surface area contributed by atoms with Gasteiger partial charge in [-0.05, 0) is 36.9 Å². The quantitative estimate of drug-likeness (QED) is 0.511. The van der Waals surface area contributed by atoms with E-state index in [9.17, 15) is 22.8 Å². The van der Waals surface area contributed by atoms with Gasteiger partial charge in [0.25, 0.3) is 0 Å². The van der Waals surface area contributed by atoms with Crippen LogP contribution in [0.15, 0.2) is 55.1 Å². The largest absolute Gasteiger partial charge is 0.418 e. The van der Waals surface area contributed by atoms with Gasteiger partial charge < -0.3 is 10.6 Å². The number of nitrogens with one attached hydrogen (secondary N) is 2. The second-order valence-corrected chi connectivity index (χ2v) is 7.38. The van der Waals surface area contributed by atoms with E-state index in [1.165, 1.54) is 40.4 Å². The second-order valence-electron chi connectivity index (χ2n) is 6.94. The topological polar surface area (TPSA) is 92.2 Å². The molecule has 3 rings (SSSR count). The van der Waals surface area contributed by atoms with Crippen molar-refractivity contribution in [2.75, 3.05) is 30.3 Å². The molecule has 1 aromatic heterocycles. The SMILES string of the molecule is CCN(CC(=O)Nc1cc(Cl)ccc1-n1cncn1)CC(=O)Nc1ccccc1C(F)(F)F. The molecular formula is C21H20ClF3N6O2. The van der Waals surface area contributed by atoms with Crippen molar-refractivity contribution in [2.45, 2.75) is 13.1 Å². The van der Waals surface area contributed by atoms with Gasteiger partial charge >= 0.3 is 6.18 Å². The van der Waals surface area contributed by atoms with Crippen molar-refractivity contribution < 1.29 is 22.8 Å². The summed E-state index contributed by atoms with van der Waals surface area (Å²) in [7, 11) is 0. The number of carbonyl (C=O) groups is 2. The number of likely N-dealkylation sites (N-methyl/N-ethyl adjacent to an activating group) is 1. The molecule has 0 saturated carbocycles. The van der Waals surface area contributed by atoms with E-state index in [1.807, 2.05) is 0 Å². The predicted molar refractivity (Wildman–Crippen MR) is 117 cm³/mol. The summed E-state index contributed by atoms with van der Waals surface area (Å²) < 4.78 is 40.9. The number of nitrogens with zero attached hydrogens (tertiary/aromatic N) is 4. The van der Waals surface area contributed by atoms with Gasteiger partial charge in [0.1, 0.15) is 12.7 Å². The number of halogens is 4. The van der Waals surface area contributed by atoms with Crippen LogP contribution in [0.4, 0.5) is 24.5 Å². The van der Waals surface area contributed by atoms with E-state index < -0.39 is 23.6 Å². The van der Waals surface area contributed by atoms with E-state index >= 15 is 0 Å². The highest BCUT2D eigenvalue weighted by atomic mass is 35.5. The van der Waals surface area contributed by atoms with E-state index in [4.69, 9.17) is 11.6 Å². The number of rotatable bonds is 8. The molecule has 0 aliphatic rings. The highest BCUT2D eigenvalue weighted by Crippen LogP contribution is 2.34. The molecule has 0 fully saturated rings. The molecule has 33 heavy (non-hydrogen) atoms. The Morgan fingerprint density at radius 1 is 1.06 bits per heavy atom. The fraction of sp³-hybridized carbons (Fsp3) is 0.238. The van der Waals surface area contributed by atoms with Gasteiger partial charge in [0.2, 0.25) is 11.8 Å². The zero-order chi connectivity index (χ0) is 24.0. The third kappa shape index (κ3) is 6.53. The van der Waals surface area contributed by atoms with Crippen LogP contribution in [0.5, 0.6) is 0 Å². The van der Waals surface area contributed by atoms with Crippen molar-refractivity contribution in [2.24, 2.45) is 0 Å². The van der Waals surface area contributed by atoms with Crippen molar-refractivity contribution in [3.05, 3.63) is 65.7 Å². The van der Waals surface area contributed by atoms with E-state index in [2.05, 4.69) is 20.7 Å². The first-order valence-electron chi connectivity index (χ1n) is 9.80. The first-order valence-corrected chi connectivity index (χ1v) is 10.2. The molecule has 12 heteroatoms. The highest BCUT2D eigenvalue weighted by molar-refractivity contribution is 6.31. The van der Waals surface area contributed by atoms with Crippen LogP contribution < -0.4 is 10.6 Å². The lowest BCUT2D eigenvalue weighted by atomic mass is 10.1. The normalized spacial score (nSPS) is 11.5. The van der Waals surface area contributed by atoms with Crippen LogP contribution in [0.1, 0.15) is 12.5 Å². The molecule has 3 aromatic rings. The van der Waals surface area contributed by atoms with Crippen LogP contribution in [0, 0.1) is 0 Å². The minimum Gasteiger partial charge on any atom is -0.324 e. The smallest absolute Gasteiger partial charge is 0.324 e. The molecule has 0 spiro atoms. The Balaban J connectivity index is 1.65. The molecule has 0 atom stereocenters. The molecule has 0 aliphatic carbocycles. The summed E-state index contributed by atoms with van der Waals surface area (Å²) >= 11 is 6.05. The summed E-state index contributed by atoms with van der Waals surface area (Å²) in [4.78, 5) is 30.3. The fourth-order valence-electron chi connectivity index (χ4n) is 3.05. The van der Waals surface area contributed by atoms with Gasteiger partial charge in [-0.25, -0.2) is 9.67 Å². The highest BCUT2D eigenvalue weighted by Gasteiger charge is 2.33. The maximum Gasteiger partial charge on any atom is 0.418 e. The molecule has 0 radical (unpaired) electrons. The van der Waals surface area contributed by atoms with Gasteiger partial charge in [0, 0.05) is 5.02 Å². The van der Waals surface area contributed by atoms with Crippen LogP contribution in [-0.4, -0.2) is 51.1 Å². The van der Waals surface area contributed by atoms with Gasteiger partial charge in [0.05, 0.1) is 35.7 Å².